The van der Waals surface area contributed by atoms with E-state index in [1.54, 1.807) is 6.33 Å². The molecule has 19 heavy (non-hydrogen) atoms. The molecule has 0 aliphatic heterocycles. The molecular weight excluding hydrogens is 240 g/mol. The largest absolute Gasteiger partial charge is 0.318 e. The summed E-state index contributed by atoms with van der Waals surface area (Å²) in [6.45, 7) is 6.17. The SMILES string of the molecule is CCCC(C(=O)NN)n1cnc2cc(C)c(C)cc21. The Morgan fingerprint density at radius 2 is 2.11 bits per heavy atom. The molecule has 1 atom stereocenters. The Bertz CT molecular complexity index is 603. The van der Waals surface area contributed by atoms with Gasteiger partial charge in [0.25, 0.3) is 5.91 Å². The molecule has 5 heteroatoms. The van der Waals surface area contributed by atoms with Crippen molar-refractivity contribution in [1.29, 1.82) is 0 Å². The second-order valence-corrected chi connectivity index (χ2v) is 4.89. The minimum atomic E-state index is -0.304. The van der Waals surface area contributed by atoms with Crippen LogP contribution in [0, 0.1) is 13.8 Å². The molecule has 0 saturated heterocycles. The average Bonchev–Trinajstić information content (AvgIpc) is 2.78. The molecule has 5 nitrogen and oxygen atoms in total. The van der Waals surface area contributed by atoms with Gasteiger partial charge in [-0.15, -0.1) is 0 Å². The van der Waals surface area contributed by atoms with E-state index in [9.17, 15) is 4.79 Å². The van der Waals surface area contributed by atoms with Crippen LogP contribution in [-0.4, -0.2) is 15.5 Å². The van der Waals surface area contributed by atoms with Crippen molar-refractivity contribution in [3.8, 4) is 0 Å². The van der Waals surface area contributed by atoms with Crippen LogP contribution in [0.2, 0.25) is 0 Å². The summed E-state index contributed by atoms with van der Waals surface area (Å²) in [5.74, 6) is 5.09. The number of aryl methyl sites for hydroxylation is 2. The van der Waals surface area contributed by atoms with E-state index in [4.69, 9.17) is 5.84 Å². The molecule has 1 amide bonds. The van der Waals surface area contributed by atoms with Crippen molar-refractivity contribution < 1.29 is 4.79 Å². The maximum absolute atomic E-state index is 11.9. The summed E-state index contributed by atoms with van der Waals surface area (Å²) >= 11 is 0. The number of aromatic nitrogens is 2. The number of fused-ring (bicyclic) bond motifs is 1. The van der Waals surface area contributed by atoms with Crippen molar-refractivity contribution in [2.24, 2.45) is 5.84 Å². The Morgan fingerprint density at radius 1 is 1.42 bits per heavy atom. The number of benzene rings is 1. The minimum absolute atomic E-state index is 0.181. The fourth-order valence-corrected chi connectivity index (χ4v) is 2.30. The summed E-state index contributed by atoms with van der Waals surface area (Å²) in [6.07, 6.45) is 3.36. The van der Waals surface area contributed by atoms with Gasteiger partial charge in [-0.2, -0.15) is 0 Å². The molecule has 1 aromatic carbocycles. The molecule has 0 bridgehead atoms. The highest BCUT2D eigenvalue weighted by Gasteiger charge is 2.20. The highest BCUT2D eigenvalue weighted by Crippen LogP contribution is 2.24. The number of nitrogens with two attached hydrogens (primary N) is 1. The molecule has 0 aliphatic rings. The molecule has 0 fully saturated rings. The van der Waals surface area contributed by atoms with Gasteiger partial charge in [0.2, 0.25) is 0 Å². The van der Waals surface area contributed by atoms with Crippen LogP contribution in [0.4, 0.5) is 0 Å². The highest BCUT2D eigenvalue weighted by molar-refractivity contribution is 5.84. The van der Waals surface area contributed by atoms with Crippen LogP contribution in [0.1, 0.15) is 36.9 Å². The van der Waals surface area contributed by atoms with Gasteiger partial charge in [0.1, 0.15) is 6.04 Å². The maximum atomic E-state index is 11.9. The first kappa shape index (κ1) is 13.5. The third kappa shape index (κ3) is 2.46. The number of nitrogens with zero attached hydrogens (tertiary/aromatic N) is 2. The number of carbonyl (C=O) groups is 1. The Morgan fingerprint density at radius 3 is 2.74 bits per heavy atom. The quantitative estimate of drug-likeness (QED) is 0.501. The molecule has 2 rings (SSSR count). The van der Waals surface area contributed by atoms with Gasteiger partial charge in [-0.25, -0.2) is 10.8 Å². The standard InChI is InChI=1S/C14H20N4O/c1-4-5-12(14(19)17-15)18-8-16-11-6-9(2)10(3)7-13(11)18/h6-8,12H,4-5,15H2,1-3H3,(H,17,19). The molecule has 1 heterocycles. The molecule has 0 radical (unpaired) electrons. The van der Waals surface area contributed by atoms with Crippen LogP contribution in [-0.2, 0) is 4.79 Å². The number of amides is 1. The van der Waals surface area contributed by atoms with Gasteiger partial charge in [-0.1, -0.05) is 13.3 Å². The van der Waals surface area contributed by atoms with Gasteiger partial charge in [-0.05, 0) is 43.5 Å². The molecule has 3 N–H and O–H groups in total. The second-order valence-electron chi connectivity index (χ2n) is 4.89. The molecule has 0 spiro atoms. The summed E-state index contributed by atoms with van der Waals surface area (Å²) < 4.78 is 1.91. The van der Waals surface area contributed by atoms with Crippen LogP contribution < -0.4 is 11.3 Å². The predicted molar refractivity (Wildman–Crippen MR) is 75.5 cm³/mol. The molecule has 1 unspecified atom stereocenters. The second kappa shape index (κ2) is 5.40. The topological polar surface area (TPSA) is 72.9 Å². The lowest BCUT2D eigenvalue weighted by molar-refractivity contribution is -0.124. The minimum Gasteiger partial charge on any atom is -0.318 e. The smallest absolute Gasteiger partial charge is 0.256 e. The number of hydrogen-bond acceptors (Lipinski definition) is 3. The average molecular weight is 260 g/mol. The fraction of sp³-hybridized carbons (Fsp3) is 0.429. The van der Waals surface area contributed by atoms with Crippen molar-refractivity contribution in [3.63, 3.8) is 0 Å². The number of nitrogens with one attached hydrogen (secondary N) is 1. The van der Waals surface area contributed by atoms with E-state index < -0.39 is 0 Å². The summed E-state index contributed by atoms with van der Waals surface area (Å²) in [7, 11) is 0. The van der Waals surface area contributed by atoms with Gasteiger partial charge in [0, 0.05) is 0 Å². The van der Waals surface area contributed by atoms with E-state index in [-0.39, 0.29) is 11.9 Å². The first-order valence-corrected chi connectivity index (χ1v) is 6.52. The Hall–Kier alpha value is -1.88. The van der Waals surface area contributed by atoms with Crippen molar-refractivity contribution in [2.75, 3.05) is 0 Å². The lowest BCUT2D eigenvalue weighted by Crippen LogP contribution is -2.37. The molecule has 2 aromatic rings. The Kier molecular flexibility index (Phi) is 3.85. The third-order valence-electron chi connectivity index (χ3n) is 3.53. The van der Waals surface area contributed by atoms with Gasteiger partial charge in [-0.3, -0.25) is 10.2 Å². The van der Waals surface area contributed by atoms with Crippen LogP contribution in [0.5, 0.6) is 0 Å². The molecular formula is C14H20N4O. The lowest BCUT2D eigenvalue weighted by Gasteiger charge is -2.17. The van der Waals surface area contributed by atoms with Gasteiger partial charge >= 0.3 is 0 Å². The maximum Gasteiger partial charge on any atom is 0.256 e. The van der Waals surface area contributed by atoms with Crippen LogP contribution in [0.25, 0.3) is 11.0 Å². The normalized spacial score (nSPS) is 12.6. The van der Waals surface area contributed by atoms with E-state index in [2.05, 4.69) is 30.3 Å². The Balaban J connectivity index is 2.54. The zero-order chi connectivity index (χ0) is 14.0. The summed E-state index contributed by atoms with van der Waals surface area (Å²) in [4.78, 5) is 16.3. The van der Waals surface area contributed by atoms with Crippen molar-refractivity contribution >= 4 is 16.9 Å². The highest BCUT2D eigenvalue weighted by atomic mass is 16.2. The zero-order valence-corrected chi connectivity index (χ0v) is 11.6. The molecule has 0 aliphatic carbocycles. The first-order valence-electron chi connectivity index (χ1n) is 6.52. The van der Waals surface area contributed by atoms with Crippen molar-refractivity contribution in [2.45, 2.75) is 39.7 Å². The summed E-state index contributed by atoms with van der Waals surface area (Å²) in [5, 5.41) is 0. The van der Waals surface area contributed by atoms with E-state index >= 15 is 0 Å². The number of imidazole rings is 1. The van der Waals surface area contributed by atoms with E-state index in [1.807, 2.05) is 17.6 Å². The predicted octanol–water partition coefficient (Wildman–Crippen LogP) is 1.98. The van der Waals surface area contributed by atoms with Crippen LogP contribution in [0.15, 0.2) is 18.5 Å². The molecule has 102 valence electrons. The number of rotatable bonds is 4. The Labute approximate surface area is 112 Å². The summed E-state index contributed by atoms with van der Waals surface area (Å²) in [5.41, 5.74) is 6.52. The lowest BCUT2D eigenvalue weighted by atomic mass is 10.1. The summed E-state index contributed by atoms with van der Waals surface area (Å²) in [6, 6.07) is 3.82. The van der Waals surface area contributed by atoms with Crippen molar-refractivity contribution in [3.05, 3.63) is 29.6 Å². The van der Waals surface area contributed by atoms with E-state index in [0.29, 0.717) is 0 Å². The zero-order valence-electron chi connectivity index (χ0n) is 11.6. The van der Waals surface area contributed by atoms with Crippen LogP contribution >= 0.6 is 0 Å². The van der Waals surface area contributed by atoms with Gasteiger partial charge in [0.05, 0.1) is 17.4 Å². The third-order valence-corrected chi connectivity index (χ3v) is 3.53. The van der Waals surface area contributed by atoms with Gasteiger partial charge in [0.15, 0.2) is 0 Å². The molecule has 0 saturated carbocycles. The van der Waals surface area contributed by atoms with E-state index in [1.165, 1.54) is 11.1 Å². The monoisotopic (exact) mass is 260 g/mol. The van der Waals surface area contributed by atoms with Crippen molar-refractivity contribution in [1.82, 2.24) is 15.0 Å². The number of hydrogen-bond donors (Lipinski definition) is 2. The number of carbonyl (C=O) groups excluding carboxylic acids is 1. The molecule has 1 aromatic heterocycles. The number of hydrazine groups is 1. The van der Waals surface area contributed by atoms with Gasteiger partial charge < -0.3 is 4.57 Å². The van der Waals surface area contributed by atoms with Crippen LogP contribution in [0.3, 0.4) is 0 Å². The fourth-order valence-electron chi connectivity index (χ4n) is 2.30. The first-order chi connectivity index (χ1) is 9.08. The van der Waals surface area contributed by atoms with E-state index in [0.717, 1.165) is 23.9 Å².